The molecule has 2 aromatic carbocycles. The van der Waals surface area contributed by atoms with E-state index >= 15 is 0 Å². The van der Waals surface area contributed by atoms with Crippen LogP contribution in [0.2, 0.25) is 5.02 Å². The minimum Gasteiger partial charge on any atom is -0.466 e. The maximum atomic E-state index is 13.7. The Morgan fingerprint density at radius 1 is 1.24 bits per heavy atom. The molecule has 25 heavy (non-hydrogen) atoms. The lowest BCUT2D eigenvalue weighted by Gasteiger charge is -2.31. The Bertz CT molecular complexity index is 868. The molecule has 1 atom stereocenters. The van der Waals surface area contributed by atoms with Crippen LogP contribution >= 0.6 is 23.8 Å². The average Bonchev–Trinajstić information content (AvgIpc) is 2.61. The van der Waals surface area contributed by atoms with Gasteiger partial charge in [0, 0.05) is 5.02 Å². The van der Waals surface area contributed by atoms with Crippen LogP contribution in [0.4, 0.5) is 4.39 Å². The predicted molar refractivity (Wildman–Crippen MR) is 98.4 cm³/mol. The standard InChI is InChI=1S/C18H14ClFN2O2S/c1-24-17(23)14-15(10-5-7-12(19)8-6-10)21-18(25)22-16(14)11-3-2-4-13(20)9-11/h2-9,16H,1H3,(H2,21,22,25)/t16-/m1/s1. The monoisotopic (exact) mass is 376 g/mol. The number of nitrogens with one attached hydrogen (secondary N) is 2. The maximum absolute atomic E-state index is 13.7. The number of carbonyl (C=O) groups excluding carboxylic acids is 1. The van der Waals surface area contributed by atoms with Gasteiger partial charge < -0.3 is 15.4 Å². The van der Waals surface area contributed by atoms with Gasteiger partial charge in [-0.05, 0) is 47.6 Å². The minimum absolute atomic E-state index is 0.309. The number of carbonyl (C=O) groups is 1. The van der Waals surface area contributed by atoms with E-state index in [0.29, 0.717) is 27.0 Å². The van der Waals surface area contributed by atoms with Crippen molar-refractivity contribution >= 4 is 40.6 Å². The number of esters is 1. The SMILES string of the molecule is COC(=O)C1=C(c2ccc(Cl)cc2)NC(=S)N[C@@H]1c1cccc(F)c1. The fourth-order valence-electron chi connectivity index (χ4n) is 2.67. The van der Waals surface area contributed by atoms with E-state index in [-0.39, 0.29) is 0 Å². The van der Waals surface area contributed by atoms with Crippen molar-refractivity contribution in [3.63, 3.8) is 0 Å². The molecule has 0 unspecified atom stereocenters. The summed E-state index contributed by atoms with van der Waals surface area (Å²) in [6.07, 6.45) is 0. The maximum Gasteiger partial charge on any atom is 0.338 e. The van der Waals surface area contributed by atoms with Crippen molar-refractivity contribution in [1.29, 1.82) is 0 Å². The van der Waals surface area contributed by atoms with E-state index < -0.39 is 17.8 Å². The van der Waals surface area contributed by atoms with Gasteiger partial charge in [0.25, 0.3) is 0 Å². The summed E-state index contributed by atoms with van der Waals surface area (Å²) in [4.78, 5) is 12.5. The molecule has 0 aromatic heterocycles. The van der Waals surface area contributed by atoms with Gasteiger partial charge in [0.15, 0.2) is 5.11 Å². The van der Waals surface area contributed by atoms with Crippen molar-refractivity contribution in [1.82, 2.24) is 10.6 Å². The Morgan fingerprint density at radius 3 is 2.60 bits per heavy atom. The molecule has 0 saturated carbocycles. The number of hydrogen-bond acceptors (Lipinski definition) is 3. The molecular formula is C18H14ClFN2O2S. The molecule has 1 aliphatic rings. The van der Waals surface area contributed by atoms with Crippen molar-refractivity contribution in [3.8, 4) is 0 Å². The summed E-state index contributed by atoms with van der Waals surface area (Å²) in [5.41, 5.74) is 2.09. The van der Waals surface area contributed by atoms with Crippen LogP contribution < -0.4 is 10.6 Å². The molecule has 7 heteroatoms. The fourth-order valence-corrected chi connectivity index (χ4v) is 3.02. The third kappa shape index (κ3) is 3.65. The lowest BCUT2D eigenvalue weighted by molar-refractivity contribution is -0.136. The molecule has 0 amide bonds. The summed E-state index contributed by atoms with van der Waals surface area (Å²) >= 11 is 11.2. The fraction of sp³-hybridized carbons (Fsp3) is 0.111. The second kappa shape index (κ2) is 7.21. The highest BCUT2D eigenvalue weighted by Gasteiger charge is 2.32. The second-order valence-corrected chi connectivity index (χ2v) is 6.22. The minimum atomic E-state index is -0.637. The Morgan fingerprint density at radius 2 is 1.96 bits per heavy atom. The molecule has 1 heterocycles. The summed E-state index contributed by atoms with van der Waals surface area (Å²) in [5, 5.41) is 6.90. The number of thiocarbonyl (C=S) groups is 1. The van der Waals surface area contributed by atoms with Crippen LogP contribution in [-0.2, 0) is 9.53 Å². The molecule has 1 aliphatic heterocycles. The van der Waals surface area contributed by atoms with Crippen molar-refractivity contribution < 1.29 is 13.9 Å². The van der Waals surface area contributed by atoms with E-state index in [2.05, 4.69) is 10.6 Å². The summed E-state index contributed by atoms with van der Waals surface area (Å²) < 4.78 is 18.6. The smallest absolute Gasteiger partial charge is 0.338 e. The molecule has 128 valence electrons. The zero-order valence-electron chi connectivity index (χ0n) is 13.2. The first-order chi connectivity index (χ1) is 12.0. The van der Waals surface area contributed by atoms with Crippen LogP contribution in [0, 0.1) is 5.82 Å². The van der Waals surface area contributed by atoms with Crippen molar-refractivity contribution in [3.05, 3.63) is 76.1 Å². The van der Waals surface area contributed by atoms with Crippen molar-refractivity contribution in [2.45, 2.75) is 6.04 Å². The zero-order chi connectivity index (χ0) is 18.0. The summed E-state index contributed by atoms with van der Waals surface area (Å²) in [6.45, 7) is 0. The number of hydrogen-bond donors (Lipinski definition) is 2. The largest absolute Gasteiger partial charge is 0.466 e. The van der Waals surface area contributed by atoms with Gasteiger partial charge in [0.1, 0.15) is 5.82 Å². The Kier molecular flexibility index (Phi) is 5.01. The number of rotatable bonds is 3. The summed E-state index contributed by atoms with van der Waals surface area (Å²) in [6, 6.07) is 12.3. The predicted octanol–water partition coefficient (Wildman–Crippen LogP) is 3.58. The number of halogens is 2. The van der Waals surface area contributed by atoms with E-state index in [0.717, 1.165) is 5.56 Å². The quantitative estimate of drug-likeness (QED) is 0.633. The first-order valence-corrected chi connectivity index (χ1v) is 8.19. The first-order valence-electron chi connectivity index (χ1n) is 7.41. The van der Waals surface area contributed by atoms with Gasteiger partial charge >= 0.3 is 5.97 Å². The molecule has 0 spiro atoms. The van der Waals surface area contributed by atoms with Gasteiger partial charge in [-0.1, -0.05) is 35.9 Å². The first kappa shape index (κ1) is 17.4. The summed E-state index contributed by atoms with van der Waals surface area (Å²) in [7, 11) is 1.30. The Balaban J connectivity index is 2.19. The lowest BCUT2D eigenvalue weighted by Crippen LogP contribution is -2.45. The van der Waals surface area contributed by atoms with Crippen LogP contribution in [0.3, 0.4) is 0 Å². The van der Waals surface area contributed by atoms with Crippen LogP contribution in [0.25, 0.3) is 5.70 Å². The van der Waals surface area contributed by atoms with Gasteiger partial charge in [-0.2, -0.15) is 0 Å². The van der Waals surface area contributed by atoms with Gasteiger partial charge in [0.2, 0.25) is 0 Å². The molecule has 4 nitrogen and oxygen atoms in total. The molecular weight excluding hydrogens is 363 g/mol. The normalized spacial score (nSPS) is 16.9. The number of methoxy groups -OCH3 is 1. The molecule has 0 bridgehead atoms. The average molecular weight is 377 g/mol. The molecule has 0 radical (unpaired) electrons. The molecule has 0 fully saturated rings. The third-order valence-electron chi connectivity index (χ3n) is 3.79. The zero-order valence-corrected chi connectivity index (χ0v) is 14.7. The molecule has 0 aliphatic carbocycles. The van der Waals surface area contributed by atoms with Gasteiger partial charge in [0.05, 0.1) is 24.4 Å². The van der Waals surface area contributed by atoms with E-state index in [1.54, 1.807) is 36.4 Å². The molecule has 2 aromatic rings. The van der Waals surface area contributed by atoms with Gasteiger partial charge in [-0.15, -0.1) is 0 Å². The number of ether oxygens (including phenoxy) is 1. The van der Waals surface area contributed by atoms with Gasteiger partial charge in [-0.3, -0.25) is 0 Å². The van der Waals surface area contributed by atoms with Crippen LogP contribution in [-0.4, -0.2) is 18.2 Å². The third-order valence-corrected chi connectivity index (χ3v) is 4.26. The Labute approximate surface area is 154 Å². The molecule has 0 saturated heterocycles. The topological polar surface area (TPSA) is 50.4 Å². The number of benzene rings is 2. The van der Waals surface area contributed by atoms with E-state index in [9.17, 15) is 9.18 Å². The molecule has 3 rings (SSSR count). The van der Waals surface area contributed by atoms with E-state index in [1.807, 2.05) is 0 Å². The highest BCUT2D eigenvalue weighted by Crippen LogP contribution is 2.32. The van der Waals surface area contributed by atoms with E-state index in [1.165, 1.54) is 19.2 Å². The Hall–Kier alpha value is -2.44. The highest BCUT2D eigenvalue weighted by molar-refractivity contribution is 7.80. The highest BCUT2D eigenvalue weighted by atomic mass is 35.5. The summed E-state index contributed by atoms with van der Waals surface area (Å²) in [5.74, 6) is -0.942. The molecule has 2 N–H and O–H groups in total. The van der Waals surface area contributed by atoms with Crippen LogP contribution in [0.1, 0.15) is 17.2 Å². The lowest BCUT2D eigenvalue weighted by atomic mass is 9.93. The van der Waals surface area contributed by atoms with Crippen molar-refractivity contribution in [2.75, 3.05) is 7.11 Å². The van der Waals surface area contributed by atoms with Crippen LogP contribution in [0.5, 0.6) is 0 Å². The van der Waals surface area contributed by atoms with Crippen LogP contribution in [0.15, 0.2) is 54.1 Å². The second-order valence-electron chi connectivity index (χ2n) is 5.37. The van der Waals surface area contributed by atoms with E-state index in [4.69, 9.17) is 28.6 Å². The van der Waals surface area contributed by atoms with Gasteiger partial charge in [-0.25, -0.2) is 9.18 Å². The van der Waals surface area contributed by atoms with Crippen molar-refractivity contribution in [2.24, 2.45) is 0 Å².